The Morgan fingerprint density at radius 1 is 0.558 bits per heavy atom. The summed E-state index contributed by atoms with van der Waals surface area (Å²) in [5.41, 5.74) is 1.24. The van der Waals surface area contributed by atoms with E-state index in [-0.39, 0.29) is 11.9 Å². The van der Waals surface area contributed by atoms with Crippen LogP contribution >= 0.6 is 0 Å². The van der Waals surface area contributed by atoms with Crippen molar-refractivity contribution in [1.82, 2.24) is 0 Å². The molecular formula is C37H63NO5. The van der Waals surface area contributed by atoms with Crippen LogP contribution in [0.1, 0.15) is 184 Å². The van der Waals surface area contributed by atoms with Crippen molar-refractivity contribution in [2.24, 2.45) is 0 Å². The van der Waals surface area contributed by atoms with Gasteiger partial charge < -0.3 is 15.2 Å². The molecule has 1 aromatic carbocycles. The first-order valence-electron chi connectivity index (χ1n) is 17.8. The van der Waals surface area contributed by atoms with Crippen LogP contribution in [0.5, 0.6) is 0 Å². The second kappa shape index (κ2) is 28.4. The molecule has 1 rings (SSSR count). The fourth-order valence-corrected chi connectivity index (χ4v) is 5.43. The van der Waals surface area contributed by atoms with E-state index in [0.717, 1.165) is 44.2 Å². The van der Waals surface area contributed by atoms with Gasteiger partial charge in [-0.1, -0.05) is 142 Å². The molecule has 0 spiro atoms. The molecule has 246 valence electrons. The van der Waals surface area contributed by atoms with E-state index in [1.165, 1.54) is 116 Å². The average molecular weight is 602 g/mol. The fraction of sp³-hybridized carbons (Fsp3) is 0.757. The summed E-state index contributed by atoms with van der Waals surface area (Å²) in [6, 6.07) is 7.00. The second-order valence-corrected chi connectivity index (χ2v) is 12.3. The normalized spacial score (nSPS) is 11.0. The van der Waals surface area contributed by atoms with Crippen LogP contribution in [0.4, 0.5) is 5.69 Å². The smallest absolute Gasteiger partial charge is 0.338 e. The molecule has 0 aliphatic heterocycles. The van der Waals surface area contributed by atoms with Crippen LogP contribution in [0.15, 0.2) is 24.3 Å². The van der Waals surface area contributed by atoms with Crippen LogP contribution in [-0.2, 0) is 14.3 Å². The van der Waals surface area contributed by atoms with Crippen LogP contribution in [0.2, 0.25) is 0 Å². The van der Waals surface area contributed by atoms with Gasteiger partial charge in [-0.15, -0.1) is 0 Å². The number of anilines is 1. The van der Waals surface area contributed by atoms with Crippen LogP contribution in [-0.4, -0.2) is 29.6 Å². The van der Waals surface area contributed by atoms with Gasteiger partial charge >= 0.3 is 11.9 Å². The summed E-state index contributed by atoms with van der Waals surface area (Å²) in [5, 5.41) is 11.6. The zero-order valence-electron chi connectivity index (χ0n) is 27.5. The highest BCUT2D eigenvalue weighted by Gasteiger charge is 2.08. The molecule has 1 amide bonds. The van der Waals surface area contributed by atoms with Crippen molar-refractivity contribution in [3.05, 3.63) is 29.8 Å². The first-order valence-corrected chi connectivity index (χ1v) is 17.8. The predicted molar refractivity (Wildman–Crippen MR) is 179 cm³/mol. The van der Waals surface area contributed by atoms with Crippen LogP contribution in [0.3, 0.4) is 0 Å². The van der Waals surface area contributed by atoms with Crippen molar-refractivity contribution >= 4 is 23.5 Å². The Morgan fingerprint density at radius 3 is 1.40 bits per heavy atom. The van der Waals surface area contributed by atoms with E-state index in [1.807, 2.05) is 0 Å². The number of rotatable bonds is 30. The third-order valence-electron chi connectivity index (χ3n) is 8.18. The standard InChI is InChI=1S/C37H63NO5/c1-2-3-4-5-6-14-17-20-23-26-35(39)38-34-30-28-33(29-31-34)37(42)43-32-25-22-19-16-13-11-9-7-8-10-12-15-18-21-24-27-36(40)41/h28-31H,2-27,32H2,1H3,(H,38,39)(H,40,41). The monoisotopic (exact) mass is 601 g/mol. The lowest BCUT2D eigenvalue weighted by Gasteiger charge is -2.08. The van der Waals surface area contributed by atoms with E-state index < -0.39 is 5.97 Å². The number of carbonyl (C=O) groups is 3. The van der Waals surface area contributed by atoms with E-state index in [2.05, 4.69) is 12.2 Å². The Bertz CT molecular complexity index is 823. The number of carboxylic acid groups (broad SMARTS) is 1. The number of hydrogen-bond acceptors (Lipinski definition) is 4. The van der Waals surface area contributed by atoms with E-state index in [1.54, 1.807) is 24.3 Å². The number of aliphatic carboxylic acids is 1. The number of carbonyl (C=O) groups excluding carboxylic acids is 2. The lowest BCUT2D eigenvalue weighted by Crippen LogP contribution is -2.11. The molecule has 0 radical (unpaired) electrons. The summed E-state index contributed by atoms with van der Waals surface area (Å²) in [4.78, 5) is 35.0. The summed E-state index contributed by atoms with van der Waals surface area (Å²) in [5.74, 6) is -0.944. The number of nitrogens with one attached hydrogen (secondary N) is 1. The third-order valence-corrected chi connectivity index (χ3v) is 8.18. The van der Waals surface area contributed by atoms with Gasteiger partial charge in [0.05, 0.1) is 12.2 Å². The number of hydrogen-bond donors (Lipinski definition) is 2. The maximum atomic E-state index is 12.3. The molecule has 6 nitrogen and oxygen atoms in total. The van der Waals surface area contributed by atoms with Gasteiger partial charge in [0.2, 0.25) is 5.91 Å². The van der Waals surface area contributed by atoms with Crippen LogP contribution in [0, 0.1) is 0 Å². The summed E-state index contributed by atoms with van der Waals surface area (Å²) >= 11 is 0. The number of amides is 1. The molecule has 1 aromatic rings. The second-order valence-electron chi connectivity index (χ2n) is 12.3. The molecule has 0 bridgehead atoms. The SMILES string of the molecule is CCCCCCCCCCCC(=O)Nc1ccc(C(=O)OCCCCCCCCCCCCCCCCCC(=O)O)cc1. The molecule has 0 aromatic heterocycles. The Hall–Kier alpha value is -2.37. The van der Waals surface area contributed by atoms with Crippen molar-refractivity contribution in [2.75, 3.05) is 11.9 Å². The van der Waals surface area contributed by atoms with Gasteiger partial charge in [0, 0.05) is 18.5 Å². The Labute approximate surface area is 263 Å². The molecule has 0 saturated heterocycles. The quantitative estimate of drug-likeness (QED) is 0.0676. The van der Waals surface area contributed by atoms with Crippen LogP contribution < -0.4 is 5.32 Å². The highest BCUT2D eigenvalue weighted by Crippen LogP contribution is 2.16. The minimum atomic E-state index is -0.678. The first kappa shape index (κ1) is 38.7. The Morgan fingerprint density at radius 2 is 0.953 bits per heavy atom. The van der Waals surface area contributed by atoms with Gasteiger partial charge in [-0.25, -0.2) is 4.79 Å². The Kier molecular flexibility index (Phi) is 25.5. The molecule has 0 heterocycles. The average Bonchev–Trinajstić information content (AvgIpc) is 2.99. The summed E-state index contributed by atoms with van der Waals surface area (Å²) in [6.07, 6.45) is 29.8. The maximum Gasteiger partial charge on any atom is 0.338 e. The van der Waals surface area contributed by atoms with E-state index in [9.17, 15) is 14.4 Å². The van der Waals surface area contributed by atoms with E-state index >= 15 is 0 Å². The number of esters is 1. The number of unbranched alkanes of at least 4 members (excludes halogenated alkanes) is 22. The van der Waals surface area contributed by atoms with Gasteiger partial charge in [0.1, 0.15) is 0 Å². The maximum absolute atomic E-state index is 12.3. The zero-order chi connectivity index (χ0) is 31.2. The van der Waals surface area contributed by atoms with Crippen molar-refractivity contribution in [3.63, 3.8) is 0 Å². The van der Waals surface area contributed by atoms with Gasteiger partial charge in [-0.2, -0.15) is 0 Å². The molecule has 6 heteroatoms. The lowest BCUT2D eigenvalue weighted by atomic mass is 10.0. The molecule has 2 N–H and O–H groups in total. The summed E-state index contributed by atoms with van der Waals surface area (Å²) in [6.45, 7) is 2.69. The molecule has 0 aliphatic rings. The largest absolute Gasteiger partial charge is 0.481 e. The molecule has 0 fully saturated rings. The van der Waals surface area contributed by atoms with Crippen molar-refractivity contribution in [2.45, 2.75) is 174 Å². The number of ether oxygens (including phenoxy) is 1. The molecule has 0 unspecified atom stereocenters. The van der Waals surface area contributed by atoms with Gasteiger partial charge in [0.25, 0.3) is 0 Å². The predicted octanol–water partition coefficient (Wildman–Crippen LogP) is 11.0. The Balaban J connectivity index is 1.93. The van der Waals surface area contributed by atoms with Gasteiger partial charge in [-0.3, -0.25) is 9.59 Å². The minimum Gasteiger partial charge on any atom is -0.481 e. The van der Waals surface area contributed by atoms with Gasteiger partial charge in [-0.05, 0) is 43.5 Å². The summed E-state index contributed by atoms with van der Waals surface area (Å²) in [7, 11) is 0. The third kappa shape index (κ3) is 24.7. The lowest BCUT2D eigenvalue weighted by molar-refractivity contribution is -0.137. The van der Waals surface area contributed by atoms with E-state index in [0.29, 0.717) is 25.0 Å². The molecular weight excluding hydrogens is 538 g/mol. The molecule has 43 heavy (non-hydrogen) atoms. The highest BCUT2D eigenvalue weighted by atomic mass is 16.5. The first-order chi connectivity index (χ1) is 21.0. The van der Waals surface area contributed by atoms with Crippen molar-refractivity contribution < 1.29 is 24.2 Å². The zero-order valence-corrected chi connectivity index (χ0v) is 27.5. The summed E-state index contributed by atoms with van der Waals surface area (Å²) < 4.78 is 5.44. The number of benzene rings is 1. The fourth-order valence-electron chi connectivity index (χ4n) is 5.43. The van der Waals surface area contributed by atoms with Crippen molar-refractivity contribution in [3.8, 4) is 0 Å². The minimum absolute atomic E-state index is 0.0352. The van der Waals surface area contributed by atoms with Crippen LogP contribution in [0.25, 0.3) is 0 Å². The van der Waals surface area contributed by atoms with Crippen molar-refractivity contribution in [1.29, 1.82) is 0 Å². The van der Waals surface area contributed by atoms with Gasteiger partial charge in [0.15, 0.2) is 0 Å². The topological polar surface area (TPSA) is 92.7 Å². The van der Waals surface area contributed by atoms with E-state index in [4.69, 9.17) is 9.84 Å². The molecule has 0 saturated carbocycles. The number of carboxylic acids is 1. The molecule has 0 aliphatic carbocycles. The molecule has 0 atom stereocenters. The highest BCUT2D eigenvalue weighted by molar-refractivity contribution is 5.93.